The third-order valence-electron chi connectivity index (χ3n) is 11.4. The zero-order chi connectivity index (χ0) is 34.5. The standard InChI is InChI=1S/C48H38N2O/c1-47(2)38-20-9-8-19-36(38)37-26-25-35(30-40(37)47)49(33-16-6-5-7-17-33)34-18-14-15-31(27-34)32-28-41-46-45(29-32)51-44-24-13-12-23-43(44)50(46)42-22-11-10-21-39(42)48(41,3)4/h5-30H,1-4H3. The summed E-state index contributed by atoms with van der Waals surface area (Å²) in [6.07, 6.45) is 0. The lowest BCUT2D eigenvalue weighted by molar-refractivity contribution is 0.471. The van der Waals surface area contributed by atoms with E-state index in [-0.39, 0.29) is 10.8 Å². The fourth-order valence-corrected chi connectivity index (χ4v) is 8.80. The van der Waals surface area contributed by atoms with E-state index in [2.05, 4.69) is 195 Å². The lowest BCUT2D eigenvalue weighted by atomic mass is 9.72. The van der Waals surface area contributed by atoms with Crippen LogP contribution in [0.5, 0.6) is 11.5 Å². The first-order valence-corrected chi connectivity index (χ1v) is 17.9. The van der Waals surface area contributed by atoms with Crippen LogP contribution in [0.3, 0.4) is 0 Å². The van der Waals surface area contributed by atoms with Crippen molar-refractivity contribution in [3.63, 3.8) is 0 Å². The molecule has 7 aromatic carbocycles. The van der Waals surface area contributed by atoms with Gasteiger partial charge in [0.25, 0.3) is 0 Å². The maximum atomic E-state index is 6.75. The summed E-state index contributed by atoms with van der Waals surface area (Å²) in [5.41, 5.74) is 16.7. The van der Waals surface area contributed by atoms with Crippen molar-refractivity contribution in [1.29, 1.82) is 0 Å². The Labute approximate surface area is 300 Å². The van der Waals surface area contributed by atoms with Gasteiger partial charge in [-0.1, -0.05) is 119 Å². The minimum atomic E-state index is -0.231. The Morgan fingerprint density at radius 2 is 1.08 bits per heavy atom. The monoisotopic (exact) mass is 658 g/mol. The van der Waals surface area contributed by atoms with Gasteiger partial charge in [0.05, 0.1) is 17.1 Å². The summed E-state index contributed by atoms with van der Waals surface area (Å²) in [5.74, 6) is 1.75. The van der Waals surface area contributed by atoms with Crippen LogP contribution in [0.15, 0.2) is 158 Å². The SMILES string of the molecule is CC1(C)c2ccccc2-c2ccc(N(c3ccccc3)c3cccc(-c4cc5c6c(c4)C(C)(C)c4ccccc4N6c4ccccc4O5)c3)cc21. The summed E-state index contributed by atoms with van der Waals surface area (Å²) in [4.78, 5) is 4.79. The van der Waals surface area contributed by atoms with Gasteiger partial charge in [0, 0.05) is 27.9 Å². The van der Waals surface area contributed by atoms with E-state index < -0.39 is 0 Å². The summed E-state index contributed by atoms with van der Waals surface area (Å²) < 4.78 is 6.75. The second-order valence-corrected chi connectivity index (χ2v) is 15.0. The maximum absolute atomic E-state index is 6.75. The zero-order valence-electron chi connectivity index (χ0n) is 29.3. The van der Waals surface area contributed by atoms with E-state index in [1.54, 1.807) is 0 Å². The average Bonchev–Trinajstić information content (AvgIpc) is 3.39. The van der Waals surface area contributed by atoms with Crippen LogP contribution < -0.4 is 14.5 Å². The van der Waals surface area contributed by atoms with Crippen LogP contribution in [-0.4, -0.2) is 0 Å². The summed E-state index contributed by atoms with van der Waals surface area (Å²) in [6, 6.07) is 57.3. The Hall–Kier alpha value is -6.06. The first-order chi connectivity index (χ1) is 24.8. The van der Waals surface area contributed by atoms with E-state index >= 15 is 0 Å². The van der Waals surface area contributed by atoms with Gasteiger partial charge >= 0.3 is 0 Å². The van der Waals surface area contributed by atoms with Gasteiger partial charge in [-0.2, -0.15) is 0 Å². The van der Waals surface area contributed by atoms with Crippen LogP contribution in [-0.2, 0) is 10.8 Å². The summed E-state index contributed by atoms with van der Waals surface area (Å²) in [7, 11) is 0. The summed E-state index contributed by atoms with van der Waals surface area (Å²) in [6.45, 7) is 9.37. The van der Waals surface area contributed by atoms with Gasteiger partial charge < -0.3 is 14.5 Å². The Balaban J connectivity index is 1.13. The molecule has 3 heteroatoms. The molecular weight excluding hydrogens is 621 g/mol. The number of para-hydroxylation sites is 4. The van der Waals surface area contributed by atoms with Crippen LogP contribution in [0.2, 0.25) is 0 Å². The van der Waals surface area contributed by atoms with Crippen molar-refractivity contribution in [2.45, 2.75) is 38.5 Å². The second-order valence-electron chi connectivity index (χ2n) is 15.0. The van der Waals surface area contributed by atoms with Gasteiger partial charge in [-0.05, 0) is 111 Å². The number of anilines is 6. The van der Waals surface area contributed by atoms with Crippen molar-refractivity contribution in [1.82, 2.24) is 0 Å². The van der Waals surface area contributed by atoms with E-state index in [1.165, 1.54) is 39.1 Å². The fourth-order valence-electron chi connectivity index (χ4n) is 8.80. The molecule has 3 nitrogen and oxygen atoms in total. The molecule has 1 aliphatic carbocycles. The maximum Gasteiger partial charge on any atom is 0.152 e. The van der Waals surface area contributed by atoms with Crippen LogP contribution in [0.1, 0.15) is 49.9 Å². The largest absolute Gasteiger partial charge is 0.453 e. The first-order valence-electron chi connectivity index (χ1n) is 17.9. The predicted octanol–water partition coefficient (Wildman–Crippen LogP) is 13.3. The second kappa shape index (κ2) is 10.7. The number of ether oxygens (including phenoxy) is 1. The number of hydrogen-bond donors (Lipinski definition) is 0. The van der Waals surface area contributed by atoms with Gasteiger partial charge in [0.2, 0.25) is 0 Å². The highest BCUT2D eigenvalue weighted by molar-refractivity contribution is 5.95. The zero-order valence-corrected chi connectivity index (χ0v) is 29.3. The Morgan fingerprint density at radius 1 is 0.431 bits per heavy atom. The molecule has 0 amide bonds. The van der Waals surface area contributed by atoms with Crippen molar-refractivity contribution in [2.24, 2.45) is 0 Å². The van der Waals surface area contributed by atoms with E-state index in [9.17, 15) is 0 Å². The fraction of sp³-hybridized carbons (Fsp3) is 0.125. The van der Waals surface area contributed by atoms with Crippen molar-refractivity contribution in [3.8, 4) is 33.8 Å². The number of benzene rings is 7. The van der Waals surface area contributed by atoms with Crippen molar-refractivity contribution in [2.75, 3.05) is 9.80 Å². The molecule has 0 spiro atoms. The van der Waals surface area contributed by atoms with Crippen molar-refractivity contribution < 1.29 is 4.74 Å². The first kappa shape index (κ1) is 29.8. The lowest BCUT2D eigenvalue weighted by Gasteiger charge is -2.45. The molecule has 0 N–H and O–H groups in total. The van der Waals surface area contributed by atoms with Gasteiger partial charge in [-0.3, -0.25) is 0 Å². The number of nitrogens with zero attached hydrogens (tertiary/aromatic N) is 2. The molecule has 246 valence electrons. The van der Waals surface area contributed by atoms with Crippen LogP contribution in [0, 0.1) is 0 Å². The third-order valence-corrected chi connectivity index (χ3v) is 11.4. The minimum absolute atomic E-state index is 0.0887. The van der Waals surface area contributed by atoms with E-state index in [0.29, 0.717) is 0 Å². The highest BCUT2D eigenvalue weighted by atomic mass is 16.5. The number of rotatable bonds is 4. The molecular formula is C48H38N2O. The Bertz CT molecular complexity index is 2530. The Morgan fingerprint density at radius 3 is 1.92 bits per heavy atom. The molecule has 0 aromatic heterocycles. The molecule has 0 bridgehead atoms. The molecule has 0 saturated carbocycles. The molecule has 7 aromatic rings. The molecule has 0 atom stereocenters. The molecule has 0 unspecified atom stereocenters. The van der Waals surface area contributed by atoms with Gasteiger partial charge in [-0.25, -0.2) is 0 Å². The molecule has 0 saturated heterocycles. The topological polar surface area (TPSA) is 15.7 Å². The molecule has 2 heterocycles. The predicted molar refractivity (Wildman–Crippen MR) is 211 cm³/mol. The molecule has 0 fully saturated rings. The smallest absolute Gasteiger partial charge is 0.152 e. The molecule has 3 aliphatic rings. The van der Waals surface area contributed by atoms with Crippen molar-refractivity contribution >= 4 is 34.1 Å². The minimum Gasteiger partial charge on any atom is -0.453 e. The average molecular weight is 659 g/mol. The summed E-state index contributed by atoms with van der Waals surface area (Å²) >= 11 is 0. The van der Waals surface area contributed by atoms with Crippen LogP contribution >= 0.6 is 0 Å². The normalized spacial score (nSPS) is 15.1. The number of hydrogen-bond acceptors (Lipinski definition) is 3. The van der Waals surface area contributed by atoms with Gasteiger partial charge in [-0.15, -0.1) is 0 Å². The molecule has 51 heavy (non-hydrogen) atoms. The third kappa shape index (κ3) is 4.31. The lowest BCUT2D eigenvalue weighted by Crippen LogP contribution is -2.32. The summed E-state index contributed by atoms with van der Waals surface area (Å²) in [5, 5.41) is 0. The van der Waals surface area contributed by atoms with E-state index in [1.807, 2.05) is 0 Å². The van der Waals surface area contributed by atoms with E-state index in [4.69, 9.17) is 4.74 Å². The highest BCUT2D eigenvalue weighted by Crippen LogP contribution is 2.60. The van der Waals surface area contributed by atoms with Crippen molar-refractivity contribution in [3.05, 3.63) is 180 Å². The van der Waals surface area contributed by atoms with Gasteiger partial charge in [0.1, 0.15) is 0 Å². The Kier molecular flexibility index (Phi) is 6.27. The molecule has 0 radical (unpaired) electrons. The number of fused-ring (bicyclic) bond motifs is 7. The van der Waals surface area contributed by atoms with E-state index in [0.717, 1.165) is 51.1 Å². The van der Waals surface area contributed by atoms with Crippen LogP contribution in [0.4, 0.5) is 34.1 Å². The van der Waals surface area contributed by atoms with Gasteiger partial charge in [0.15, 0.2) is 11.5 Å². The molecule has 2 aliphatic heterocycles. The quantitative estimate of drug-likeness (QED) is 0.187. The molecule has 10 rings (SSSR count). The highest BCUT2D eigenvalue weighted by Gasteiger charge is 2.42. The van der Waals surface area contributed by atoms with Crippen LogP contribution in [0.25, 0.3) is 22.3 Å².